The van der Waals surface area contributed by atoms with Crippen LogP contribution in [0.4, 0.5) is 0 Å². The highest BCUT2D eigenvalue weighted by molar-refractivity contribution is 5.76. The monoisotopic (exact) mass is 703 g/mol. The zero-order valence-electron chi connectivity index (χ0n) is 25.6. The van der Waals surface area contributed by atoms with Crippen LogP contribution in [0.2, 0.25) is 0 Å². The summed E-state index contributed by atoms with van der Waals surface area (Å²) in [6.07, 6.45) is -27.0. The molecule has 19 atom stereocenters. The van der Waals surface area contributed by atoms with Gasteiger partial charge in [-0.25, -0.2) is 4.79 Å². The van der Waals surface area contributed by atoms with Gasteiger partial charge < -0.3 is 100 Å². The standard InChI is InChI=1S/C27H45NO20/c1-8-15(34)18(37)19(38)24(43-8)44-11-2-3-42-13(7-31)21(11)46-25-20(39)23(17(36)12(6-30)45-25)48-27(26(40)41)4-9(32)14(28)22(47-27)16(35)10(33)5-29/h2-3,8-25,29-39H,4-7,28H2,1H3,(H,40,41)/t8-,9-,10+,11+,12+,13+,14+,15+,16-,17-,18+,19-,20+,21-,22+,23-,24-,25-,27-/m0/s1. The van der Waals surface area contributed by atoms with Crippen LogP contribution >= 0.6 is 0 Å². The van der Waals surface area contributed by atoms with Crippen molar-refractivity contribution in [3.8, 4) is 0 Å². The summed E-state index contributed by atoms with van der Waals surface area (Å²) in [5, 5.41) is 123. The molecule has 21 heteroatoms. The maximum atomic E-state index is 12.6. The molecule has 3 fully saturated rings. The van der Waals surface area contributed by atoms with Crippen molar-refractivity contribution in [3.63, 3.8) is 0 Å². The maximum absolute atomic E-state index is 12.6. The molecule has 3 saturated heterocycles. The first-order valence-electron chi connectivity index (χ1n) is 15.2. The first kappa shape index (κ1) is 39.1. The number of rotatable bonds is 12. The highest BCUT2D eigenvalue weighted by atomic mass is 16.8. The summed E-state index contributed by atoms with van der Waals surface area (Å²) in [6.45, 7) is -1.23. The number of ether oxygens (including phenoxy) is 7. The fourth-order valence-corrected chi connectivity index (χ4v) is 5.88. The lowest BCUT2D eigenvalue weighted by molar-refractivity contribution is -0.379. The Morgan fingerprint density at radius 3 is 2.15 bits per heavy atom. The van der Waals surface area contributed by atoms with E-state index in [4.69, 9.17) is 38.9 Å². The third kappa shape index (κ3) is 7.78. The Morgan fingerprint density at radius 2 is 1.54 bits per heavy atom. The largest absolute Gasteiger partial charge is 0.493 e. The lowest BCUT2D eigenvalue weighted by atomic mass is 9.88. The minimum Gasteiger partial charge on any atom is -0.493 e. The number of nitrogens with two attached hydrogens (primary N) is 1. The van der Waals surface area contributed by atoms with E-state index in [1.165, 1.54) is 13.0 Å². The maximum Gasteiger partial charge on any atom is 0.364 e. The fourth-order valence-electron chi connectivity index (χ4n) is 5.88. The third-order valence-electron chi connectivity index (χ3n) is 8.80. The Morgan fingerprint density at radius 1 is 0.896 bits per heavy atom. The Labute approximate surface area is 272 Å². The van der Waals surface area contributed by atoms with Gasteiger partial charge in [0.15, 0.2) is 12.6 Å². The molecule has 4 rings (SSSR count). The molecule has 0 unspecified atom stereocenters. The molecule has 278 valence electrons. The van der Waals surface area contributed by atoms with E-state index in [0.717, 1.165) is 6.26 Å². The molecule has 0 aliphatic carbocycles. The Bertz CT molecular complexity index is 1090. The summed E-state index contributed by atoms with van der Waals surface area (Å²) in [5.74, 6) is -4.86. The van der Waals surface area contributed by atoms with E-state index in [1.54, 1.807) is 0 Å². The highest BCUT2D eigenvalue weighted by Crippen LogP contribution is 2.38. The molecule has 0 radical (unpaired) electrons. The molecular formula is C27H45NO20. The average molecular weight is 704 g/mol. The number of carbonyl (C=O) groups is 1. The number of aliphatic carboxylic acids is 1. The molecule has 4 aliphatic heterocycles. The van der Waals surface area contributed by atoms with E-state index in [1.807, 2.05) is 0 Å². The number of carboxylic acids is 1. The molecule has 21 nitrogen and oxygen atoms in total. The van der Waals surface area contributed by atoms with E-state index in [-0.39, 0.29) is 0 Å². The quantitative estimate of drug-likeness (QED) is 0.0897. The van der Waals surface area contributed by atoms with Gasteiger partial charge in [0.25, 0.3) is 5.79 Å². The molecule has 14 N–H and O–H groups in total. The van der Waals surface area contributed by atoms with Crippen molar-refractivity contribution in [1.29, 1.82) is 0 Å². The summed E-state index contributed by atoms with van der Waals surface area (Å²) in [4.78, 5) is 12.6. The van der Waals surface area contributed by atoms with Crippen molar-refractivity contribution in [3.05, 3.63) is 12.3 Å². The molecule has 4 heterocycles. The highest BCUT2D eigenvalue weighted by Gasteiger charge is 2.59. The van der Waals surface area contributed by atoms with Crippen LogP contribution in [-0.2, 0) is 38.0 Å². The van der Waals surface area contributed by atoms with Crippen molar-refractivity contribution in [1.82, 2.24) is 0 Å². The van der Waals surface area contributed by atoms with Gasteiger partial charge in [0.05, 0.1) is 44.3 Å². The zero-order valence-corrected chi connectivity index (χ0v) is 25.6. The molecule has 48 heavy (non-hydrogen) atoms. The van der Waals surface area contributed by atoms with Gasteiger partial charge in [-0.1, -0.05) is 0 Å². The van der Waals surface area contributed by atoms with Crippen LogP contribution in [0, 0.1) is 0 Å². The van der Waals surface area contributed by atoms with Crippen molar-refractivity contribution in [2.75, 3.05) is 19.8 Å². The Kier molecular flexibility index (Phi) is 13.1. The summed E-state index contributed by atoms with van der Waals surface area (Å²) in [7, 11) is 0. The van der Waals surface area contributed by atoms with Gasteiger partial charge in [0.1, 0.15) is 79.4 Å². The molecule has 0 aromatic heterocycles. The molecular weight excluding hydrogens is 658 g/mol. The number of hydrogen-bond acceptors (Lipinski definition) is 20. The smallest absolute Gasteiger partial charge is 0.364 e. The van der Waals surface area contributed by atoms with Crippen molar-refractivity contribution < 1.29 is 99.2 Å². The van der Waals surface area contributed by atoms with Crippen LogP contribution in [0.1, 0.15) is 13.3 Å². The molecule has 0 saturated carbocycles. The van der Waals surface area contributed by atoms with Crippen LogP contribution in [0.5, 0.6) is 0 Å². The van der Waals surface area contributed by atoms with Crippen molar-refractivity contribution in [2.45, 2.75) is 129 Å². The molecule has 4 aliphatic rings. The van der Waals surface area contributed by atoms with Crippen molar-refractivity contribution >= 4 is 5.97 Å². The van der Waals surface area contributed by atoms with Gasteiger partial charge in [0, 0.05) is 6.42 Å². The first-order chi connectivity index (χ1) is 22.6. The minimum atomic E-state index is -2.95. The summed E-state index contributed by atoms with van der Waals surface area (Å²) in [5.41, 5.74) is 5.88. The van der Waals surface area contributed by atoms with Crippen LogP contribution in [-0.4, -0.2) is 203 Å². The normalized spacial score (nSPS) is 48.0. The fraction of sp³-hybridized carbons (Fsp3) is 0.889. The van der Waals surface area contributed by atoms with E-state index in [2.05, 4.69) is 0 Å². The number of aliphatic hydroxyl groups is 11. The van der Waals surface area contributed by atoms with E-state index >= 15 is 0 Å². The molecule has 0 aromatic carbocycles. The number of aliphatic hydroxyl groups excluding tert-OH is 11. The van der Waals surface area contributed by atoms with Gasteiger partial charge >= 0.3 is 5.97 Å². The van der Waals surface area contributed by atoms with E-state index in [9.17, 15) is 66.1 Å². The predicted molar refractivity (Wildman–Crippen MR) is 149 cm³/mol. The topological polar surface area (TPSA) is 350 Å². The second-order valence-electron chi connectivity index (χ2n) is 12.1. The van der Waals surface area contributed by atoms with Gasteiger partial charge in [-0.2, -0.15) is 0 Å². The second-order valence-corrected chi connectivity index (χ2v) is 12.1. The molecule has 0 aromatic rings. The van der Waals surface area contributed by atoms with Gasteiger partial charge in [0.2, 0.25) is 0 Å². The average Bonchev–Trinajstić information content (AvgIpc) is 3.06. The third-order valence-corrected chi connectivity index (χ3v) is 8.80. The first-order valence-corrected chi connectivity index (χ1v) is 15.2. The minimum absolute atomic E-state index is 0.715. The second kappa shape index (κ2) is 16.1. The van der Waals surface area contributed by atoms with E-state index in [0.29, 0.717) is 0 Å². The van der Waals surface area contributed by atoms with Crippen molar-refractivity contribution in [2.24, 2.45) is 5.73 Å². The van der Waals surface area contributed by atoms with Crippen LogP contribution in [0.15, 0.2) is 12.3 Å². The molecule has 0 spiro atoms. The summed E-state index contributed by atoms with van der Waals surface area (Å²) < 4.78 is 39.2. The predicted octanol–water partition coefficient (Wildman–Crippen LogP) is -7.71. The van der Waals surface area contributed by atoms with Gasteiger partial charge in [-0.15, -0.1) is 0 Å². The van der Waals surface area contributed by atoms with Crippen LogP contribution < -0.4 is 5.73 Å². The SMILES string of the molecule is C[C@@H]1O[C@@H](O[C@@H]2C=CO[C@H](CO)[C@H]2O[C@@H]2O[C@H](CO)[C@H](O)[C@H](O[C@]3(C(=O)O)C[C@H](O)[C@@H](N)[C@H]([C@@H](O)[C@H](O)CO)O3)[C@H]2O)[C@@H](O)[C@H](O)[C@@H]1O. The van der Waals surface area contributed by atoms with E-state index < -0.39 is 148 Å². The van der Waals surface area contributed by atoms with Gasteiger partial charge in [-0.3, -0.25) is 0 Å². The van der Waals surface area contributed by atoms with Crippen LogP contribution in [0.25, 0.3) is 0 Å². The van der Waals surface area contributed by atoms with Crippen LogP contribution in [0.3, 0.4) is 0 Å². The summed E-state index contributed by atoms with van der Waals surface area (Å²) >= 11 is 0. The number of hydrogen-bond donors (Lipinski definition) is 13. The van der Waals surface area contributed by atoms with Gasteiger partial charge in [-0.05, 0) is 13.0 Å². The molecule has 0 amide bonds. The number of carboxylic acid groups (broad SMARTS) is 1. The Balaban J connectivity index is 1.60. The molecule has 0 bridgehead atoms. The zero-order chi connectivity index (χ0) is 35.7. The lowest BCUT2D eigenvalue weighted by Gasteiger charge is -2.50. The Hall–Kier alpha value is -1.71. The lowest BCUT2D eigenvalue weighted by Crippen LogP contribution is -2.69. The summed E-state index contributed by atoms with van der Waals surface area (Å²) in [6, 6.07) is -1.49.